The highest BCUT2D eigenvalue weighted by atomic mass is 32.2. The minimum atomic E-state index is -4.24. The summed E-state index contributed by atoms with van der Waals surface area (Å²) in [6.45, 7) is 1.28. The highest BCUT2D eigenvalue weighted by molar-refractivity contribution is 7.92. The van der Waals surface area contributed by atoms with Crippen molar-refractivity contribution in [2.24, 2.45) is 0 Å². The number of anilines is 1. The Balaban J connectivity index is 2.04. The van der Waals surface area contributed by atoms with Gasteiger partial charge >= 0.3 is 0 Å². The molecule has 0 heterocycles. The maximum Gasteiger partial charge on any atom is 0.264 e. The lowest BCUT2D eigenvalue weighted by atomic mass is 10.1. The molecule has 0 aliphatic carbocycles. The number of likely N-dealkylation sites (N-methyl/N-ethyl adjacent to an activating group) is 1. The standard InChI is InChI=1S/C27H30FN3O5S/c1-4-25(27(33)29-2)30(18-20-8-6-5-7-9-20)26(32)19-31(22-12-10-21(28)11-13-22)37(34,35)24-16-14-23(36-3)15-17-24/h5-17,25H,4,18-19H2,1-3H3,(H,29,33)/t25-/m0/s1. The molecule has 0 saturated carbocycles. The van der Waals surface area contributed by atoms with Crippen molar-refractivity contribution in [3.63, 3.8) is 0 Å². The molecule has 3 rings (SSSR count). The monoisotopic (exact) mass is 527 g/mol. The van der Waals surface area contributed by atoms with Gasteiger partial charge in [0, 0.05) is 13.6 Å². The number of sulfonamides is 1. The number of hydrogen-bond acceptors (Lipinski definition) is 5. The molecule has 0 bridgehead atoms. The molecule has 196 valence electrons. The number of carbonyl (C=O) groups is 2. The van der Waals surface area contributed by atoms with Gasteiger partial charge < -0.3 is 15.0 Å². The van der Waals surface area contributed by atoms with Crippen molar-refractivity contribution in [3.05, 3.63) is 90.2 Å². The molecule has 0 aliphatic heterocycles. The molecular weight excluding hydrogens is 497 g/mol. The Morgan fingerprint density at radius 2 is 1.59 bits per heavy atom. The van der Waals surface area contributed by atoms with E-state index in [1.165, 1.54) is 55.5 Å². The largest absolute Gasteiger partial charge is 0.497 e. The first-order chi connectivity index (χ1) is 17.7. The average molecular weight is 528 g/mol. The van der Waals surface area contributed by atoms with E-state index in [1.54, 1.807) is 6.92 Å². The first-order valence-corrected chi connectivity index (χ1v) is 13.1. The molecule has 2 amide bonds. The lowest BCUT2D eigenvalue weighted by Gasteiger charge is -2.33. The predicted molar refractivity (Wildman–Crippen MR) is 139 cm³/mol. The second-order valence-corrected chi connectivity index (χ2v) is 10.1. The zero-order chi connectivity index (χ0) is 27.0. The van der Waals surface area contributed by atoms with Crippen molar-refractivity contribution >= 4 is 27.5 Å². The number of benzene rings is 3. The third kappa shape index (κ3) is 6.65. The summed E-state index contributed by atoms with van der Waals surface area (Å²) in [5, 5.41) is 2.58. The lowest BCUT2D eigenvalue weighted by molar-refractivity contribution is -0.140. The van der Waals surface area contributed by atoms with Gasteiger partial charge in [0.05, 0.1) is 17.7 Å². The summed E-state index contributed by atoms with van der Waals surface area (Å²) in [4.78, 5) is 27.7. The number of nitrogens with one attached hydrogen (secondary N) is 1. The van der Waals surface area contributed by atoms with Crippen LogP contribution in [0.4, 0.5) is 10.1 Å². The maximum absolute atomic E-state index is 13.7. The van der Waals surface area contributed by atoms with Crippen LogP contribution in [-0.2, 0) is 26.2 Å². The van der Waals surface area contributed by atoms with Crippen LogP contribution < -0.4 is 14.4 Å². The van der Waals surface area contributed by atoms with Crippen LogP contribution >= 0.6 is 0 Å². The van der Waals surface area contributed by atoms with Gasteiger partial charge in [-0.25, -0.2) is 12.8 Å². The summed E-state index contributed by atoms with van der Waals surface area (Å²) in [5.74, 6) is -1.03. The Labute approximate surface area is 216 Å². The Kier molecular flexibility index (Phi) is 9.24. The van der Waals surface area contributed by atoms with Crippen molar-refractivity contribution in [2.75, 3.05) is 25.0 Å². The highest BCUT2D eigenvalue weighted by Crippen LogP contribution is 2.26. The molecule has 0 aliphatic rings. The van der Waals surface area contributed by atoms with Crippen molar-refractivity contribution < 1.29 is 27.1 Å². The number of rotatable bonds is 11. The van der Waals surface area contributed by atoms with E-state index >= 15 is 0 Å². The number of amides is 2. The van der Waals surface area contributed by atoms with Crippen molar-refractivity contribution in [1.82, 2.24) is 10.2 Å². The van der Waals surface area contributed by atoms with Crippen LogP contribution in [0.15, 0.2) is 83.8 Å². The number of nitrogens with zero attached hydrogens (tertiary/aromatic N) is 2. The van der Waals surface area contributed by atoms with Gasteiger partial charge in [0.25, 0.3) is 10.0 Å². The quantitative estimate of drug-likeness (QED) is 0.411. The number of hydrogen-bond donors (Lipinski definition) is 1. The maximum atomic E-state index is 13.7. The average Bonchev–Trinajstić information content (AvgIpc) is 2.92. The van der Waals surface area contributed by atoms with Gasteiger partial charge in [0.2, 0.25) is 11.8 Å². The van der Waals surface area contributed by atoms with E-state index in [0.29, 0.717) is 12.2 Å². The molecule has 8 nitrogen and oxygen atoms in total. The topological polar surface area (TPSA) is 96.0 Å². The van der Waals surface area contributed by atoms with E-state index in [-0.39, 0.29) is 23.0 Å². The van der Waals surface area contributed by atoms with Gasteiger partial charge in [-0.2, -0.15) is 0 Å². The number of methoxy groups -OCH3 is 1. The fourth-order valence-corrected chi connectivity index (χ4v) is 5.29. The first-order valence-electron chi connectivity index (χ1n) is 11.7. The van der Waals surface area contributed by atoms with Crippen LogP contribution in [0.1, 0.15) is 18.9 Å². The second-order valence-electron chi connectivity index (χ2n) is 8.21. The Morgan fingerprint density at radius 3 is 2.14 bits per heavy atom. The van der Waals surface area contributed by atoms with E-state index in [2.05, 4.69) is 5.32 Å². The summed E-state index contributed by atoms with van der Waals surface area (Å²) >= 11 is 0. The van der Waals surface area contributed by atoms with Gasteiger partial charge in [-0.1, -0.05) is 37.3 Å². The fourth-order valence-electron chi connectivity index (χ4n) is 3.88. The number of carbonyl (C=O) groups excluding carboxylic acids is 2. The van der Waals surface area contributed by atoms with E-state index in [9.17, 15) is 22.4 Å². The first kappa shape index (κ1) is 27.7. The molecule has 0 spiro atoms. The van der Waals surface area contributed by atoms with E-state index in [1.807, 2.05) is 30.3 Å². The van der Waals surface area contributed by atoms with Crippen LogP contribution in [0, 0.1) is 5.82 Å². The minimum absolute atomic E-state index is 0.0709. The highest BCUT2D eigenvalue weighted by Gasteiger charge is 2.33. The molecule has 0 radical (unpaired) electrons. The molecule has 3 aromatic carbocycles. The SMILES string of the molecule is CC[C@@H](C(=O)NC)N(Cc1ccccc1)C(=O)CN(c1ccc(F)cc1)S(=O)(=O)c1ccc(OC)cc1. The molecule has 0 fully saturated rings. The molecule has 3 aromatic rings. The van der Waals surface area contributed by atoms with Crippen LogP contribution in [0.5, 0.6) is 5.75 Å². The summed E-state index contributed by atoms with van der Waals surface area (Å²) < 4.78 is 47.1. The molecule has 1 N–H and O–H groups in total. The van der Waals surface area contributed by atoms with Crippen LogP contribution in [0.3, 0.4) is 0 Å². The molecule has 0 aromatic heterocycles. The van der Waals surface area contributed by atoms with Gasteiger partial charge in [0.1, 0.15) is 24.2 Å². The summed E-state index contributed by atoms with van der Waals surface area (Å²) in [7, 11) is -1.30. The summed E-state index contributed by atoms with van der Waals surface area (Å²) in [6, 6.07) is 18.9. The van der Waals surface area contributed by atoms with Crippen LogP contribution in [0.2, 0.25) is 0 Å². The third-order valence-electron chi connectivity index (χ3n) is 5.87. The van der Waals surface area contributed by atoms with Crippen molar-refractivity contribution in [3.8, 4) is 5.75 Å². The zero-order valence-corrected chi connectivity index (χ0v) is 21.7. The summed E-state index contributed by atoms with van der Waals surface area (Å²) in [5.41, 5.74) is 0.891. The van der Waals surface area contributed by atoms with E-state index < -0.39 is 34.3 Å². The van der Waals surface area contributed by atoms with Gasteiger partial charge in [-0.3, -0.25) is 13.9 Å². The molecular formula is C27H30FN3O5S. The molecule has 1 atom stereocenters. The second kappa shape index (κ2) is 12.4. The number of halogens is 1. The third-order valence-corrected chi connectivity index (χ3v) is 7.66. The smallest absolute Gasteiger partial charge is 0.264 e. The predicted octanol–water partition coefficient (Wildman–Crippen LogP) is 3.58. The van der Waals surface area contributed by atoms with E-state index in [4.69, 9.17) is 4.74 Å². The Morgan fingerprint density at radius 1 is 0.973 bits per heavy atom. The van der Waals surface area contributed by atoms with Crippen molar-refractivity contribution in [2.45, 2.75) is 30.8 Å². The van der Waals surface area contributed by atoms with Gasteiger partial charge in [0.15, 0.2) is 0 Å². The molecule has 0 saturated heterocycles. The van der Waals surface area contributed by atoms with Crippen molar-refractivity contribution in [1.29, 1.82) is 0 Å². The molecule has 37 heavy (non-hydrogen) atoms. The normalized spacial score (nSPS) is 11.9. The summed E-state index contributed by atoms with van der Waals surface area (Å²) in [6.07, 6.45) is 0.319. The lowest BCUT2D eigenvalue weighted by Crippen LogP contribution is -2.51. The van der Waals surface area contributed by atoms with E-state index in [0.717, 1.165) is 22.0 Å². The zero-order valence-electron chi connectivity index (χ0n) is 20.9. The fraction of sp³-hybridized carbons (Fsp3) is 0.259. The Hall–Kier alpha value is -3.92. The van der Waals surface area contributed by atoms with Crippen LogP contribution in [0.25, 0.3) is 0 Å². The molecule has 10 heteroatoms. The molecule has 0 unspecified atom stereocenters. The number of ether oxygens (including phenoxy) is 1. The Bertz CT molecular complexity index is 1300. The van der Waals surface area contributed by atoms with Gasteiger partial charge in [-0.15, -0.1) is 0 Å². The minimum Gasteiger partial charge on any atom is -0.497 e. The van der Waals surface area contributed by atoms with Gasteiger partial charge in [-0.05, 0) is 60.5 Å². The van der Waals surface area contributed by atoms with Crippen LogP contribution in [-0.4, -0.2) is 51.9 Å².